The highest BCUT2D eigenvalue weighted by molar-refractivity contribution is 6.00. The molecule has 10 heavy (non-hydrogen) atoms. The zero-order valence-corrected chi connectivity index (χ0v) is 5.21. The van der Waals surface area contributed by atoms with Gasteiger partial charge < -0.3 is 10.5 Å². The van der Waals surface area contributed by atoms with Gasteiger partial charge in [0.05, 0.1) is 0 Å². The fraction of sp³-hybridized carbons (Fsp3) is 0.200. The SMILES string of the molecule is CC(=C=O)C(=O)OC(N)=O. The Morgan fingerprint density at radius 2 is 2.00 bits per heavy atom. The van der Waals surface area contributed by atoms with Crippen LogP contribution in [0.15, 0.2) is 5.57 Å². The lowest BCUT2D eigenvalue weighted by Gasteiger charge is -1.93. The monoisotopic (exact) mass is 143 g/mol. The van der Waals surface area contributed by atoms with Gasteiger partial charge in [0.15, 0.2) is 0 Å². The maximum absolute atomic E-state index is 10.4. The van der Waals surface area contributed by atoms with E-state index in [0.29, 0.717) is 0 Å². The molecule has 0 aliphatic rings. The molecular formula is C5H5NO4. The number of nitrogens with two attached hydrogens (primary N) is 1. The Balaban J connectivity index is 4.12. The minimum absolute atomic E-state index is 0.321. The number of ether oxygens (including phenoxy) is 1. The molecule has 0 saturated heterocycles. The van der Waals surface area contributed by atoms with Crippen LogP contribution in [0.1, 0.15) is 6.92 Å². The third kappa shape index (κ3) is 2.64. The van der Waals surface area contributed by atoms with E-state index in [-0.39, 0.29) is 5.57 Å². The van der Waals surface area contributed by atoms with E-state index >= 15 is 0 Å². The number of esters is 1. The molecule has 0 rings (SSSR count). The first-order chi connectivity index (χ1) is 4.57. The number of carbonyl (C=O) groups is 2. The summed E-state index contributed by atoms with van der Waals surface area (Å²) < 4.78 is 3.80. The molecule has 0 saturated carbocycles. The van der Waals surface area contributed by atoms with Crippen molar-refractivity contribution in [2.45, 2.75) is 6.92 Å². The quantitative estimate of drug-likeness (QED) is 0.229. The average molecular weight is 143 g/mol. The van der Waals surface area contributed by atoms with Crippen molar-refractivity contribution in [3.8, 4) is 0 Å². The predicted octanol–water partition coefficient (Wildman–Crippen LogP) is -0.614. The second-order valence-corrected chi connectivity index (χ2v) is 1.44. The fourth-order valence-corrected chi connectivity index (χ4v) is 0.210. The molecule has 0 heterocycles. The highest BCUT2D eigenvalue weighted by Gasteiger charge is 2.08. The van der Waals surface area contributed by atoms with Gasteiger partial charge in [0.1, 0.15) is 11.5 Å². The minimum atomic E-state index is -1.24. The molecule has 2 N–H and O–H groups in total. The van der Waals surface area contributed by atoms with Gasteiger partial charge in [-0.2, -0.15) is 0 Å². The summed E-state index contributed by atoms with van der Waals surface area (Å²) in [5.74, 6) is 0.187. The van der Waals surface area contributed by atoms with Crippen LogP contribution in [0.4, 0.5) is 4.79 Å². The van der Waals surface area contributed by atoms with Crippen LogP contribution in [0, 0.1) is 0 Å². The minimum Gasteiger partial charge on any atom is -0.372 e. The van der Waals surface area contributed by atoms with Gasteiger partial charge in [-0.15, -0.1) is 0 Å². The van der Waals surface area contributed by atoms with Gasteiger partial charge in [-0.1, -0.05) is 0 Å². The molecule has 54 valence electrons. The standard InChI is InChI=1S/C5H5NO4/c1-3(2-7)4(8)10-5(6)9/h1H3,(H2,6,9). The topological polar surface area (TPSA) is 86.5 Å². The highest BCUT2D eigenvalue weighted by atomic mass is 16.6. The van der Waals surface area contributed by atoms with Crippen LogP contribution < -0.4 is 5.73 Å². The molecule has 0 aromatic rings. The molecule has 0 spiro atoms. The number of hydrogen-bond acceptors (Lipinski definition) is 4. The van der Waals surface area contributed by atoms with Gasteiger partial charge in [0.25, 0.3) is 0 Å². The molecule has 0 aromatic heterocycles. The Kier molecular flexibility index (Phi) is 2.87. The van der Waals surface area contributed by atoms with Crippen molar-refractivity contribution in [1.29, 1.82) is 0 Å². The summed E-state index contributed by atoms with van der Waals surface area (Å²) in [5.41, 5.74) is 4.14. The van der Waals surface area contributed by atoms with Gasteiger partial charge in [-0.3, -0.25) is 0 Å². The van der Waals surface area contributed by atoms with Crippen molar-refractivity contribution in [2.24, 2.45) is 5.73 Å². The van der Waals surface area contributed by atoms with E-state index in [4.69, 9.17) is 0 Å². The number of amides is 1. The summed E-state index contributed by atoms with van der Waals surface area (Å²) in [6.07, 6.45) is -1.24. The molecule has 0 fully saturated rings. The molecule has 0 aromatic carbocycles. The maximum Gasteiger partial charge on any atom is 0.412 e. The Bertz CT molecular complexity index is 214. The van der Waals surface area contributed by atoms with Crippen molar-refractivity contribution >= 4 is 18.0 Å². The molecule has 5 heteroatoms. The van der Waals surface area contributed by atoms with Gasteiger partial charge in [-0.05, 0) is 6.92 Å². The van der Waals surface area contributed by atoms with Crippen molar-refractivity contribution in [2.75, 3.05) is 0 Å². The molecule has 0 radical (unpaired) electrons. The fourth-order valence-electron chi connectivity index (χ4n) is 0.210. The summed E-state index contributed by atoms with van der Waals surface area (Å²) in [7, 11) is 0. The van der Waals surface area contributed by atoms with Crippen LogP contribution in [0.25, 0.3) is 0 Å². The molecule has 0 atom stereocenters. The summed E-state index contributed by atoms with van der Waals surface area (Å²) in [4.78, 5) is 29.9. The number of rotatable bonds is 1. The zero-order chi connectivity index (χ0) is 8.15. The van der Waals surface area contributed by atoms with E-state index in [0.717, 1.165) is 6.92 Å². The van der Waals surface area contributed by atoms with Crippen LogP contribution in [-0.2, 0) is 14.3 Å². The first-order valence-corrected chi connectivity index (χ1v) is 2.31. The van der Waals surface area contributed by atoms with Crippen LogP contribution >= 0.6 is 0 Å². The van der Waals surface area contributed by atoms with Crippen LogP contribution in [0.3, 0.4) is 0 Å². The Morgan fingerprint density at radius 1 is 1.50 bits per heavy atom. The van der Waals surface area contributed by atoms with Crippen molar-refractivity contribution in [3.63, 3.8) is 0 Å². The lowest BCUT2D eigenvalue weighted by molar-refractivity contribution is -0.132. The molecule has 0 bridgehead atoms. The first-order valence-electron chi connectivity index (χ1n) is 2.31. The lowest BCUT2D eigenvalue weighted by atomic mass is 10.4. The van der Waals surface area contributed by atoms with E-state index in [1.807, 2.05) is 0 Å². The lowest BCUT2D eigenvalue weighted by Crippen LogP contribution is -2.19. The molecule has 0 aliphatic carbocycles. The van der Waals surface area contributed by atoms with Gasteiger partial charge in [0.2, 0.25) is 0 Å². The van der Waals surface area contributed by atoms with Crippen molar-refractivity contribution in [3.05, 3.63) is 5.57 Å². The number of primary amides is 1. The summed E-state index contributed by atoms with van der Waals surface area (Å²) in [6.45, 7) is 1.16. The smallest absolute Gasteiger partial charge is 0.372 e. The molecule has 1 amide bonds. The first kappa shape index (κ1) is 8.39. The molecule has 5 nitrogen and oxygen atoms in total. The van der Waals surface area contributed by atoms with E-state index in [1.54, 1.807) is 0 Å². The molecule has 0 unspecified atom stereocenters. The predicted molar refractivity (Wildman–Crippen MR) is 30.6 cm³/mol. The third-order valence-corrected chi connectivity index (χ3v) is 0.653. The Labute approximate surface area is 56.4 Å². The third-order valence-electron chi connectivity index (χ3n) is 0.653. The second kappa shape index (κ2) is 3.42. The van der Waals surface area contributed by atoms with Gasteiger partial charge in [0, 0.05) is 0 Å². The Morgan fingerprint density at radius 3 is 2.30 bits per heavy atom. The normalized spacial score (nSPS) is 7.70. The van der Waals surface area contributed by atoms with Crippen LogP contribution in [-0.4, -0.2) is 18.0 Å². The van der Waals surface area contributed by atoms with Crippen LogP contribution in [0.5, 0.6) is 0 Å². The largest absolute Gasteiger partial charge is 0.412 e. The Hall–Kier alpha value is -1.61. The average Bonchev–Trinajstić information content (AvgIpc) is 1.85. The van der Waals surface area contributed by atoms with Gasteiger partial charge >= 0.3 is 12.1 Å². The van der Waals surface area contributed by atoms with Crippen LogP contribution in [0.2, 0.25) is 0 Å². The van der Waals surface area contributed by atoms with E-state index in [2.05, 4.69) is 10.5 Å². The number of carbonyl (C=O) groups excluding carboxylic acids is 3. The number of hydrogen-bond donors (Lipinski definition) is 1. The van der Waals surface area contributed by atoms with Crippen molar-refractivity contribution in [1.82, 2.24) is 0 Å². The summed E-state index contributed by atoms with van der Waals surface area (Å²) in [5, 5.41) is 0. The van der Waals surface area contributed by atoms with Gasteiger partial charge in [-0.25, -0.2) is 14.4 Å². The molecule has 0 aliphatic heterocycles. The van der Waals surface area contributed by atoms with E-state index in [9.17, 15) is 14.4 Å². The van der Waals surface area contributed by atoms with E-state index < -0.39 is 12.1 Å². The zero-order valence-electron chi connectivity index (χ0n) is 5.21. The van der Waals surface area contributed by atoms with E-state index in [1.165, 1.54) is 5.94 Å². The maximum atomic E-state index is 10.4. The summed E-state index contributed by atoms with van der Waals surface area (Å²) >= 11 is 0. The highest BCUT2D eigenvalue weighted by Crippen LogP contribution is 1.89. The van der Waals surface area contributed by atoms with Crippen molar-refractivity contribution < 1.29 is 19.1 Å². The molecular weight excluding hydrogens is 138 g/mol. The second-order valence-electron chi connectivity index (χ2n) is 1.44. The summed E-state index contributed by atoms with van der Waals surface area (Å²) in [6, 6.07) is 0.